The summed E-state index contributed by atoms with van der Waals surface area (Å²) in [6.07, 6.45) is 0. The predicted molar refractivity (Wildman–Crippen MR) is 113 cm³/mol. The van der Waals surface area contributed by atoms with Gasteiger partial charge in [0.15, 0.2) is 0 Å². The molecule has 0 aliphatic carbocycles. The van der Waals surface area contributed by atoms with Gasteiger partial charge in [-0.25, -0.2) is 0 Å². The molecule has 6 heteroatoms. The van der Waals surface area contributed by atoms with E-state index < -0.39 is 17.7 Å². The molecule has 2 heterocycles. The number of phenols is 1. The van der Waals surface area contributed by atoms with Crippen LogP contribution >= 0.6 is 11.3 Å². The van der Waals surface area contributed by atoms with Crippen molar-refractivity contribution < 1.29 is 19.8 Å². The summed E-state index contributed by atoms with van der Waals surface area (Å²) in [6, 6.07) is 14.8. The fraction of sp³-hybridized carbons (Fsp3) is 0.130. The van der Waals surface area contributed by atoms with E-state index in [4.69, 9.17) is 0 Å². The van der Waals surface area contributed by atoms with Crippen molar-refractivity contribution in [1.82, 2.24) is 0 Å². The molecular weight excluding hydrogens is 386 g/mol. The van der Waals surface area contributed by atoms with Gasteiger partial charge in [0.05, 0.1) is 11.3 Å². The number of Topliss-reactive ketones (excluding diaryl/α,β-unsaturated/α-hetero) is 1. The molecule has 1 fully saturated rings. The maximum Gasteiger partial charge on any atom is 0.300 e. The largest absolute Gasteiger partial charge is 0.507 e. The Kier molecular flexibility index (Phi) is 4.72. The Labute approximate surface area is 172 Å². The number of phenolic OH excluding ortho intramolecular Hbond substituents is 1. The molecule has 0 bridgehead atoms. The molecular formula is C23H19NO4S. The van der Waals surface area contributed by atoms with Gasteiger partial charge in [-0.1, -0.05) is 42.0 Å². The Bertz CT molecular complexity index is 1130. The average molecular weight is 405 g/mol. The first-order chi connectivity index (χ1) is 13.9. The summed E-state index contributed by atoms with van der Waals surface area (Å²) in [7, 11) is 0. The van der Waals surface area contributed by atoms with Crippen molar-refractivity contribution in [2.24, 2.45) is 0 Å². The SMILES string of the molecule is Cc1ccc(/C(O)=C2/C(=O)C(=O)N(c3cc(C)ccc3O)C2c2cccs2)cc1. The van der Waals surface area contributed by atoms with Crippen LogP contribution in [0.1, 0.15) is 27.6 Å². The first-order valence-corrected chi connectivity index (χ1v) is 9.97. The van der Waals surface area contributed by atoms with Crippen LogP contribution in [0.25, 0.3) is 5.76 Å². The number of aryl methyl sites for hydroxylation is 2. The van der Waals surface area contributed by atoms with E-state index >= 15 is 0 Å². The normalized spacial score (nSPS) is 18.4. The first kappa shape index (κ1) is 19.0. The van der Waals surface area contributed by atoms with E-state index in [0.29, 0.717) is 5.56 Å². The number of aliphatic hydroxyl groups is 1. The lowest BCUT2D eigenvalue weighted by Crippen LogP contribution is -2.29. The van der Waals surface area contributed by atoms with E-state index in [0.717, 1.165) is 16.0 Å². The third-order valence-electron chi connectivity index (χ3n) is 4.97. The highest BCUT2D eigenvalue weighted by Crippen LogP contribution is 2.46. The molecule has 1 aromatic heterocycles. The number of aliphatic hydroxyl groups excluding tert-OH is 1. The standard InChI is InChI=1S/C23H19NO4S/c1-13-5-8-15(9-6-13)21(26)19-20(18-4-3-11-29-18)24(23(28)22(19)27)16-12-14(2)7-10-17(16)25/h3-12,20,25-26H,1-2H3/b21-19-. The Hall–Kier alpha value is -3.38. The van der Waals surface area contributed by atoms with Crippen LogP contribution in [0.15, 0.2) is 65.6 Å². The second-order valence-electron chi connectivity index (χ2n) is 7.04. The van der Waals surface area contributed by atoms with E-state index in [-0.39, 0.29) is 22.8 Å². The number of hydrogen-bond donors (Lipinski definition) is 2. The maximum atomic E-state index is 13.0. The molecule has 2 aromatic carbocycles. The van der Waals surface area contributed by atoms with Crippen LogP contribution in [0, 0.1) is 13.8 Å². The first-order valence-electron chi connectivity index (χ1n) is 9.09. The molecule has 146 valence electrons. The molecule has 1 saturated heterocycles. The van der Waals surface area contributed by atoms with E-state index in [9.17, 15) is 19.8 Å². The fourth-order valence-corrected chi connectivity index (χ4v) is 4.31. The van der Waals surface area contributed by atoms with Crippen molar-refractivity contribution in [3.8, 4) is 5.75 Å². The van der Waals surface area contributed by atoms with E-state index in [1.807, 2.05) is 43.5 Å². The molecule has 1 unspecified atom stereocenters. The number of anilines is 1. The average Bonchev–Trinajstić information content (AvgIpc) is 3.31. The van der Waals surface area contributed by atoms with Crippen LogP contribution in [0.2, 0.25) is 0 Å². The molecule has 1 atom stereocenters. The quantitative estimate of drug-likeness (QED) is 0.376. The lowest BCUT2D eigenvalue weighted by atomic mass is 9.99. The Morgan fingerprint density at radius 3 is 2.34 bits per heavy atom. The van der Waals surface area contributed by atoms with Gasteiger partial charge in [0, 0.05) is 10.4 Å². The monoisotopic (exact) mass is 405 g/mol. The highest BCUT2D eigenvalue weighted by molar-refractivity contribution is 7.10. The summed E-state index contributed by atoms with van der Waals surface area (Å²) in [4.78, 5) is 28.0. The maximum absolute atomic E-state index is 13.0. The highest BCUT2D eigenvalue weighted by atomic mass is 32.1. The number of benzene rings is 2. The van der Waals surface area contributed by atoms with E-state index in [1.54, 1.807) is 24.3 Å². The number of amides is 1. The molecule has 0 radical (unpaired) electrons. The zero-order valence-electron chi connectivity index (χ0n) is 15.9. The Balaban J connectivity index is 1.95. The van der Waals surface area contributed by atoms with Gasteiger partial charge in [0.25, 0.3) is 11.7 Å². The van der Waals surface area contributed by atoms with Crippen LogP contribution in [0.3, 0.4) is 0 Å². The number of ketones is 1. The third-order valence-corrected chi connectivity index (χ3v) is 5.90. The number of carbonyl (C=O) groups is 2. The molecule has 0 spiro atoms. The molecule has 3 aromatic rings. The number of rotatable bonds is 3. The molecule has 1 amide bonds. The number of aromatic hydroxyl groups is 1. The van der Waals surface area contributed by atoms with Gasteiger partial charge in [0.1, 0.15) is 17.6 Å². The summed E-state index contributed by atoms with van der Waals surface area (Å²) in [5.41, 5.74) is 2.57. The number of nitrogens with zero attached hydrogens (tertiary/aromatic N) is 1. The van der Waals surface area contributed by atoms with Crippen molar-refractivity contribution >= 4 is 34.5 Å². The van der Waals surface area contributed by atoms with Crippen LogP contribution in [0.4, 0.5) is 5.69 Å². The van der Waals surface area contributed by atoms with Crippen molar-refractivity contribution in [2.75, 3.05) is 4.90 Å². The van der Waals surface area contributed by atoms with Crippen LogP contribution < -0.4 is 4.90 Å². The molecule has 1 aliphatic rings. The van der Waals surface area contributed by atoms with Gasteiger partial charge in [-0.3, -0.25) is 14.5 Å². The summed E-state index contributed by atoms with van der Waals surface area (Å²) >= 11 is 1.38. The summed E-state index contributed by atoms with van der Waals surface area (Å²) < 4.78 is 0. The minimum Gasteiger partial charge on any atom is -0.507 e. The number of hydrogen-bond acceptors (Lipinski definition) is 5. The van der Waals surface area contributed by atoms with Gasteiger partial charge < -0.3 is 10.2 Å². The molecule has 1 aliphatic heterocycles. The molecule has 2 N–H and O–H groups in total. The molecule has 4 rings (SSSR count). The smallest absolute Gasteiger partial charge is 0.300 e. The minimum atomic E-state index is -0.816. The van der Waals surface area contributed by atoms with Crippen molar-refractivity contribution in [3.63, 3.8) is 0 Å². The van der Waals surface area contributed by atoms with Crippen molar-refractivity contribution in [1.29, 1.82) is 0 Å². The summed E-state index contributed by atoms with van der Waals surface area (Å²) in [5, 5.41) is 23.2. The lowest BCUT2D eigenvalue weighted by Gasteiger charge is -2.25. The second kappa shape index (κ2) is 7.22. The summed E-state index contributed by atoms with van der Waals surface area (Å²) in [5.74, 6) is -1.88. The van der Waals surface area contributed by atoms with Crippen molar-refractivity contribution in [3.05, 3.63) is 87.1 Å². The molecule has 0 saturated carbocycles. The van der Waals surface area contributed by atoms with Gasteiger partial charge in [0.2, 0.25) is 0 Å². The Morgan fingerprint density at radius 1 is 1.00 bits per heavy atom. The fourth-order valence-electron chi connectivity index (χ4n) is 3.49. The lowest BCUT2D eigenvalue weighted by molar-refractivity contribution is -0.132. The number of thiophene rings is 1. The third kappa shape index (κ3) is 3.21. The van der Waals surface area contributed by atoms with Gasteiger partial charge >= 0.3 is 0 Å². The summed E-state index contributed by atoms with van der Waals surface area (Å²) in [6.45, 7) is 3.76. The second-order valence-corrected chi connectivity index (χ2v) is 8.02. The predicted octanol–water partition coefficient (Wildman–Crippen LogP) is 4.70. The zero-order valence-corrected chi connectivity index (χ0v) is 16.7. The van der Waals surface area contributed by atoms with E-state index in [2.05, 4.69) is 0 Å². The topological polar surface area (TPSA) is 77.8 Å². The van der Waals surface area contributed by atoms with Gasteiger partial charge in [-0.2, -0.15) is 0 Å². The van der Waals surface area contributed by atoms with Gasteiger partial charge in [-0.15, -0.1) is 11.3 Å². The van der Waals surface area contributed by atoms with Gasteiger partial charge in [-0.05, 0) is 43.0 Å². The van der Waals surface area contributed by atoms with Crippen LogP contribution in [-0.4, -0.2) is 21.9 Å². The zero-order chi connectivity index (χ0) is 20.7. The number of carbonyl (C=O) groups excluding carboxylic acids is 2. The van der Waals surface area contributed by atoms with Crippen LogP contribution in [-0.2, 0) is 9.59 Å². The Morgan fingerprint density at radius 2 is 1.69 bits per heavy atom. The molecule has 5 nitrogen and oxygen atoms in total. The van der Waals surface area contributed by atoms with E-state index in [1.165, 1.54) is 22.3 Å². The van der Waals surface area contributed by atoms with Crippen molar-refractivity contribution in [2.45, 2.75) is 19.9 Å². The highest BCUT2D eigenvalue weighted by Gasteiger charge is 2.48. The van der Waals surface area contributed by atoms with Crippen LogP contribution in [0.5, 0.6) is 5.75 Å². The minimum absolute atomic E-state index is 0.0159. The molecule has 29 heavy (non-hydrogen) atoms.